The SMILES string of the molecule is CCCCOC1=C(OCCCC)[C@@H]([C@H](COC(C)=O)OC(=O)C(C)(C)C)OC1=O. The van der Waals surface area contributed by atoms with Crippen molar-refractivity contribution in [1.29, 1.82) is 0 Å². The van der Waals surface area contributed by atoms with Crippen LogP contribution in [0.3, 0.4) is 0 Å². The molecule has 1 heterocycles. The number of hydrogen-bond acceptors (Lipinski definition) is 8. The summed E-state index contributed by atoms with van der Waals surface area (Å²) in [6, 6.07) is 0. The van der Waals surface area contributed by atoms with Gasteiger partial charge in [0.2, 0.25) is 11.9 Å². The molecule has 0 N–H and O–H groups in total. The number of rotatable bonds is 12. The summed E-state index contributed by atoms with van der Waals surface area (Å²) in [6.07, 6.45) is 1.24. The average molecular weight is 414 g/mol. The molecule has 0 aromatic heterocycles. The Kier molecular flexibility index (Phi) is 9.98. The summed E-state index contributed by atoms with van der Waals surface area (Å²) in [6.45, 7) is 10.8. The van der Waals surface area contributed by atoms with E-state index in [1.165, 1.54) is 6.92 Å². The van der Waals surface area contributed by atoms with Crippen LogP contribution < -0.4 is 0 Å². The standard InChI is InChI=1S/C21H34O8/c1-7-9-11-25-17-16(29-19(23)18(17)26-12-10-8-2)15(13-27-14(3)22)28-20(24)21(4,5)6/h15-16H,7-13H2,1-6H3/t15-,16+/m0/s1. The van der Waals surface area contributed by atoms with E-state index in [4.69, 9.17) is 23.7 Å². The number of hydrogen-bond donors (Lipinski definition) is 0. The second-order valence-electron chi connectivity index (χ2n) is 7.92. The van der Waals surface area contributed by atoms with E-state index in [2.05, 4.69) is 0 Å². The van der Waals surface area contributed by atoms with Crippen molar-refractivity contribution in [3.8, 4) is 0 Å². The fourth-order valence-electron chi connectivity index (χ4n) is 2.32. The molecule has 0 saturated carbocycles. The molecule has 0 aromatic rings. The normalized spacial score (nSPS) is 17.6. The van der Waals surface area contributed by atoms with Gasteiger partial charge >= 0.3 is 17.9 Å². The van der Waals surface area contributed by atoms with E-state index < -0.39 is 35.5 Å². The molecule has 8 nitrogen and oxygen atoms in total. The predicted octanol–water partition coefficient (Wildman–Crippen LogP) is 3.28. The molecule has 0 aromatic carbocycles. The van der Waals surface area contributed by atoms with Crippen LogP contribution in [0.2, 0.25) is 0 Å². The topological polar surface area (TPSA) is 97.4 Å². The minimum Gasteiger partial charge on any atom is -0.490 e. The third-order valence-corrected chi connectivity index (χ3v) is 4.06. The Morgan fingerprint density at radius 3 is 2.17 bits per heavy atom. The Hall–Kier alpha value is -2.25. The number of cyclic esters (lactones) is 1. The zero-order valence-corrected chi connectivity index (χ0v) is 18.4. The first-order valence-electron chi connectivity index (χ1n) is 10.2. The van der Waals surface area contributed by atoms with E-state index in [1.807, 2.05) is 13.8 Å². The van der Waals surface area contributed by atoms with Gasteiger partial charge in [-0.05, 0) is 33.6 Å². The molecule has 0 saturated heterocycles. The highest BCUT2D eigenvalue weighted by atomic mass is 16.6. The minimum absolute atomic E-state index is 0.0146. The van der Waals surface area contributed by atoms with Crippen molar-refractivity contribution >= 4 is 17.9 Å². The summed E-state index contributed by atoms with van der Waals surface area (Å²) in [5.74, 6) is -1.57. The second kappa shape index (κ2) is 11.7. The molecule has 1 aliphatic rings. The highest BCUT2D eigenvalue weighted by Crippen LogP contribution is 2.30. The molecule has 8 heteroatoms. The van der Waals surface area contributed by atoms with E-state index in [0.29, 0.717) is 13.2 Å². The number of esters is 3. The Bertz CT molecular complexity index is 602. The minimum atomic E-state index is -1.04. The maximum absolute atomic E-state index is 12.4. The van der Waals surface area contributed by atoms with Gasteiger partial charge in [-0.15, -0.1) is 0 Å². The molecule has 0 spiro atoms. The lowest BCUT2D eigenvalue weighted by Crippen LogP contribution is -2.40. The lowest BCUT2D eigenvalue weighted by atomic mass is 9.97. The van der Waals surface area contributed by atoms with Crippen molar-refractivity contribution in [2.75, 3.05) is 19.8 Å². The fourth-order valence-corrected chi connectivity index (χ4v) is 2.32. The van der Waals surface area contributed by atoms with E-state index in [9.17, 15) is 14.4 Å². The molecule has 166 valence electrons. The average Bonchev–Trinajstić information content (AvgIpc) is 2.94. The van der Waals surface area contributed by atoms with Gasteiger partial charge in [0.15, 0.2) is 11.9 Å². The molecule has 1 rings (SSSR count). The van der Waals surface area contributed by atoms with Crippen molar-refractivity contribution < 1.29 is 38.1 Å². The largest absolute Gasteiger partial charge is 0.490 e. The van der Waals surface area contributed by atoms with Crippen molar-refractivity contribution in [2.24, 2.45) is 5.41 Å². The van der Waals surface area contributed by atoms with Crippen molar-refractivity contribution in [3.63, 3.8) is 0 Å². The van der Waals surface area contributed by atoms with E-state index in [1.54, 1.807) is 20.8 Å². The molecule has 1 aliphatic heterocycles. The van der Waals surface area contributed by atoms with Crippen LogP contribution in [-0.4, -0.2) is 49.9 Å². The van der Waals surface area contributed by atoms with Gasteiger partial charge in [-0.3, -0.25) is 9.59 Å². The van der Waals surface area contributed by atoms with E-state index in [0.717, 1.165) is 25.7 Å². The van der Waals surface area contributed by atoms with Crippen LogP contribution in [0.15, 0.2) is 11.5 Å². The Morgan fingerprint density at radius 1 is 1.07 bits per heavy atom. The number of carbonyl (C=O) groups excluding carboxylic acids is 3. The van der Waals surface area contributed by atoms with Crippen molar-refractivity contribution in [3.05, 3.63) is 11.5 Å². The molecule has 0 bridgehead atoms. The molecule has 0 radical (unpaired) electrons. The Morgan fingerprint density at radius 2 is 1.66 bits per heavy atom. The van der Waals surface area contributed by atoms with Crippen LogP contribution in [0, 0.1) is 5.41 Å². The van der Waals surface area contributed by atoms with Crippen LogP contribution in [0.4, 0.5) is 0 Å². The third kappa shape index (κ3) is 7.95. The molecule has 0 unspecified atom stereocenters. The van der Waals surface area contributed by atoms with Gasteiger partial charge < -0.3 is 23.7 Å². The van der Waals surface area contributed by atoms with Crippen LogP contribution >= 0.6 is 0 Å². The van der Waals surface area contributed by atoms with Crippen LogP contribution in [-0.2, 0) is 38.1 Å². The summed E-state index contributed by atoms with van der Waals surface area (Å²) in [5.41, 5.74) is -0.787. The molecule has 2 atom stereocenters. The van der Waals surface area contributed by atoms with Crippen LogP contribution in [0.25, 0.3) is 0 Å². The number of carbonyl (C=O) groups is 3. The summed E-state index contributed by atoms with van der Waals surface area (Å²) in [7, 11) is 0. The lowest BCUT2D eigenvalue weighted by Gasteiger charge is -2.27. The monoisotopic (exact) mass is 414 g/mol. The van der Waals surface area contributed by atoms with Gasteiger partial charge in [0.25, 0.3) is 0 Å². The van der Waals surface area contributed by atoms with Gasteiger partial charge in [-0.1, -0.05) is 26.7 Å². The number of ether oxygens (including phenoxy) is 5. The molecule has 0 fully saturated rings. The quantitative estimate of drug-likeness (QED) is 0.273. The molecule has 29 heavy (non-hydrogen) atoms. The van der Waals surface area contributed by atoms with Gasteiger partial charge in [-0.25, -0.2) is 4.79 Å². The van der Waals surface area contributed by atoms with E-state index in [-0.39, 0.29) is 18.1 Å². The zero-order valence-electron chi connectivity index (χ0n) is 18.4. The first kappa shape index (κ1) is 24.8. The lowest BCUT2D eigenvalue weighted by molar-refractivity contribution is -0.176. The van der Waals surface area contributed by atoms with Gasteiger partial charge in [0.1, 0.15) is 6.61 Å². The summed E-state index contributed by atoms with van der Waals surface area (Å²) in [5, 5.41) is 0. The van der Waals surface area contributed by atoms with Gasteiger partial charge in [0.05, 0.1) is 18.6 Å². The highest BCUT2D eigenvalue weighted by molar-refractivity contribution is 5.90. The third-order valence-electron chi connectivity index (χ3n) is 4.06. The molecular weight excluding hydrogens is 380 g/mol. The van der Waals surface area contributed by atoms with Gasteiger partial charge in [-0.2, -0.15) is 0 Å². The number of unbranched alkanes of at least 4 members (excludes halogenated alkanes) is 2. The maximum Gasteiger partial charge on any atom is 0.378 e. The van der Waals surface area contributed by atoms with Crippen LogP contribution in [0.5, 0.6) is 0 Å². The smallest absolute Gasteiger partial charge is 0.378 e. The first-order valence-corrected chi connectivity index (χ1v) is 10.2. The van der Waals surface area contributed by atoms with Gasteiger partial charge in [0, 0.05) is 6.92 Å². The maximum atomic E-state index is 12.4. The first-order chi connectivity index (χ1) is 13.6. The Labute approximate surface area is 172 Å². The summed E-state index contributed by atoms with van der Waals surface area (Å²) >= 11 is 0. The Balaban J connectivity index is 3.14. The second-order valence-corrected chi connectivity index (χ2v) is 7.92. The zero-order chi connectivity index (χ0) is 22.0. The van der Waals surface area contributed by atoms with Crippen molar-refractivity contribution in [2.45, 2.75) is 79.4 Å². The molecular formula is C21H34O8. The molecule has 0 amide bonds. The van der Waals surface area contributed by atoms with Crippen molar-refractivity contribution in [1.82, 2.24) is 0 Å². The highest BCUT2D eigenvalue weighted by Gasteiger charge is 2.45. The summed E-state index contributed by atoms with van der Waals surface area (Å²) < 4.78 is 27.4. The van der Waals surface area contributed by atoms with Crippen LogP contribution in [0.1, 0.15) is 67.2 Å². The fraction of sp³-hybridized carbons (Fsp3) is 0.762. The summed E-state index contributed by atoms with van der Waals surface area (Å²) in [4.78, 5) is 36.1. The predicted molar refractivity (Wildman–Crippen MR) is 105 cm³/mol. The van der Waals surface area contributed by atoms with E-state index >= 15 is 0 Å². The molecule has 0 aliphatic carbocycles.